The van der Waals surface area contributed by atoms with Crippen LogP contribution in [0.25, 0.3) is 0 Å². The predicted molar refractivity (Wildman–Crippen MR) is 99.1 cm³/mol. The first kappa shape index (κ1) is 18.6. The van der Waals surface area contributed by atoms with Crippen molar-refractivity contribution in [2.24, 2.45) is 0 Å². The standard InChI is InChI=1S/C18H20Cl2N2O2/c1-13(18(23)21-17-12-14(19)8-9-16(17)20)22(2)10-11-24-15-6-4-3-5-7-15/h3-9,12-13H,10-11H2,1-2H3,(H,21,23)/t13-/m1/s1. The number of nitrogens with one attached hydrogen (secondary N) is 1. The second-order valence-corrected chi connectivity index (χ2v) is 6.28. The summed E-state index contributed by atoms with van der Waals surface area (Å²) in [6, 6.07) is 14.2. The van der Waals surface area contributed by atoms with E-state index in [2.05, 4.69) is 5.32 Å². The second kappa shape index (κ2) is 8.92. The number of anilines is 1. The van der Waals surface area contributed by atoms with Gasteiger partial charge in [0.15, 0.2) is 0 Å². The van der Waals surface area contributed by atoms with Crippen molar-refractivity contribution in [3.05, 3.63) is 58.6 Å². The van der Waals surface area contributed by atoms with E-state index in [9.17, 15) is 4.79 Å². The molecule has 0 aliphatic heterocycles. The van der Waals surface area contributed by atoms with Crippen molar-refractivity contribution in [1.82, 2.24) is 4.90 Å². The number of benzene rings is 2. The molecule has 24 heavy (non-hydrogen) atoms. The third-order valence-electron chi connectivity index (χ3n) is 3.68. The third-order valence-corrected chi connectivity index (χ3v) is 4.25. The molecule has 0 saturated carbocycles. The topological polar surface area (TPSA) is 41.6 Å². The van der Waals surface area contributed by atoms with Gasteiger partial charge in [-0.25, -0.2) is 0 Å². The van der Waals surface area contributed by atoms with Crippen molar-refractivity contribution in [1.29, 1.82) is 0 Å². The van der Waals surface area contributed by atoms with E-state index >= 15 is 0 Å². The van der Waals surface area contributed by atoms with E-state index in [1.807, 2.05) is 49.2 Å². The number of amides is 1. The fourth-order valence-corrected chi connectivity index (χ4v) is 2.39. The number of likely N-dealkylation sites (N-methyl/N-ethyl adjacent to an activating group) is 1. The van der Waals surface area contributed by atoms with Crippen LogP contribution < -0.4 is 10.1 Å². The summed E-state index contributed by atoms with van der Waals surface area (Å²) in [4.78, 5) is 14.3. The lowest BCUT2D eigenvalue weighted by Gasteiger charge is -2.24. The maximum atomic E-state index is 12.4. The summed E-state index contributed by atoms with van der Waals surface area (Å²) in [5, 5.41) is 3.78. The molecule has 128 valence electrons. The summed E-state index contributed by atoms with van der Waals surface area (Å²) in [5.74, 6) is 0.662. The van der Waals surface area contributed by atoms with Gasteiger partial charge < -0.3 is 10.1 Å². The van der Waals surface area contributed by atoms with Gasteiger partial charge in [-0.1, -0.05) is 41.4 Å². The molecule has 0 aliphatic carbocycles. The van der Waals surface area contributed by atoms with Crippen LogP contribution in [0, 0.1) is 0 Å². The fourth-order valence-electron chi connectivity index (χ4n) is 2.05. The van der Waals surface area contributed by atoms with Crippen LogP contribution in [0.2, 0.25) is 10.0 Å². The zero-order valence-electron chi connectivity index (χ0n) is 13.6. The third kappa shape index (κ3) is 5.41. The van der Waals surface area contributed by atoms with Crippen LogP contribution >= 0.6 is 23.2 Å². The van der Waals surface area contributed by atoms with E-state index in [4.69, 9.17) is 27.9 Å². The van der Waals surface area contributed by atoms with E-state index in [0.717, 1.165) is 5.75 Å². The molecule has 6 heteroatoms. The number of carbonyl (C=O) groups is 1. The highest BCUT2D eigenvalue weighted by Gasteiger charge is 2.19. The Morgan fingerprint density at radius 1 is 1.21 bits per heavy atom. The van der Waals surface area contributed by atoms with Crippen LogP contribution in [0.4, 0.5) is 5.69 Å². The van der Waals surface area contributed by atoms with Gasteiger partial charge in [0, 0.05) is 11.6 Å². The summed E-state index contributed by atoms with van der Waals surface area (Å²) in [6.07, 6.45) is 0. The molecule has 4 nitrogen and oxygen atoms in total. The Bertz CT molecular complexity index is 680. The molecule has 0 heterocycles. The summed E-state index contributed by atoms with van der Waals surface area (Å²) in [6.45, 7) is 2.94. The molecule has 0 unspecified atom stereocenters. The van der Waals surface area contributed by atoms with Gasteiger partial charge in [-0.2, -0.15) is 0 Å². The van der Waals surface area contributed by atoms with Crippen LogP contribution in [0.15, 0.2) is 48.5 Å². The molecule has 0 bridgehead atoms. The minimum absolute atomic E-state index is 0.152. The fraction of sp³-hybridized carbons (Fsp3) is 0.278. The van der Waals surface area contributed by atoms with Crippen molar-refractivity contribution in [2.45, 2.75) is 13.0 Å². The number of hydrogen-bond acceptors (Lipinski definition) is 3. The Hall–Kier alpha value is -1.75. The monoisotopic (exact) mass is 366 g/mol. The number of halogens is 2. The summed E-state index contributed by atoms with van der Waals surface area (Å²) in [7, 11) is 1.87. The zero-order valence-corrected chi connectivity index (χ0v) is 15.1. The number of nitrogens with zero attached hydrogens (tertiary/aromatic N) is 1. The first-order valence-corrected chi connectivity index (χ1v) is 8.37. The molecule has 0 saturated heterocycles. The Morgan fingerprint density at radius 3 is 2.62 bits per heavy atom. The van der Waals surface area contributed by atoms with Gasteiger partial charge in [0.25, 0.3) is 0 Å². The SMILES string of the molecule is C[C@H](C(=O)Nc1cc(Cl)ccc1Cl)N(C)CCOc1ccccc1. The second-order valence-electron chi connectivity index (χ2n) is 5.43. The van der Waals surface area contributed by atoms with Crippen LogP contribution in [0.3, 0.4) is 0 Å². The van der Waals surface area contributed by atoms with Gasteiger partial charge in [-0.15, -0.1) is 0 Å². The number of ether oxygens (including phenoxy) is 1. The maximum absolute atomic E-state index is 12.4. The molecule has 0 aliphatic rings. The van der Waals surface area contributed by atoms with Crippen LogP contribution in [0.1, 0.15) is 6.92 Å². The highest BCUT2D eigenvalue weighted by molar-refractivity contribution is 6.35. The minimum atomic E-state index is -0.334. The normalized spacial score (nSPS) is 12.0. The van der Waals surface area contributed by atoms with Crippen LogP contribution in [-0.4, -0.2) is 37.0 Å². The van der Waals surface area contributed by atoms with E-state index in [1.54, 1.807) is 18.2 Å². The van der Waals surface area contributed by atoms with Crippen molar-refractivity contribution < 1.29 is 9.53 Å². The van der Waals surface area contributed by atoms with E-state index < -0.39 is 0 Å². The largest absolute Gasteiger partial charge is 0.492 e. The number of rotatable bonds is 7. The van der Waals surface area contributed by atoms with Crippen molar-refractivity contribution in [3.63, 3.8) is 0 Å². The van der Waals surface area contributed by atoms with Gasteiger partial charge in [0.1, 0.15) is 12.4 Å². The zero-order chi connectivity index (χ0) is 17.5. The molecule has 2 aromatic rings. The lowest BCUT2D eigenvalue weighted by atomic mass is 10.2. The van der Waals surface area contributed by atoms with Crippen LogP contribution in [-0.2, 0) is 4.79 Å². The van der Waals surface area contributed by atoms with Gasteiger partial charge in [0.05, 0.1) is 16.8 Å². The summed E-state index contributed by atoms with van der Waals surface area (Å²) >= 11 is 12.0. The van der Waals surface area contributed by atoms with Crippen molar-refractivity contribution >= 4 is 34.8 Å². The van der Waals surface area contributed by atoms with Gasteiger partial charge >= 0.3 is 0 Å². The van der Waals surface area contributed by atoms with Gasteiger partial charge in [0.2, 0.25) is 5.91 Å². The summed E-state index contributed by atoms with van der Waals surface area (Å²) in [5.41, 5.74) is 0.509. The lowest BCUT2D eigenvalue weighted by Crippen LogP contribution is -2.41. The average molecular weight is 367 g/mol. The molecule has 0 radical (unpaired) electrons. The summed E-state index contributed by atoms with van der Waals surface area (Å²) < 4.78 is 5.65. The minimum Gasteiger partial charge on any atom is -0.492 e. The Kier molecular flexibility index (Phi) is 6.91. The Balaban J connectivity index is 1.84. The van der Waals surface area contributed by atoms with E-state index in [0.29, 0.717) is 28.9 Å². The molecule has 0 fully saturated rings. The average Bonchev–Trinajstić information content (AvgIpc) is 2.58. The highest BCUT2D eigenvalue weighted by Crippen LogP contribution is 2.25. The van der Waals surface area contributed by atoms with E-state index in [-0.39, 0.29) is 11.9 Å². The smallest absolute Gasteiger partial charge is 0.241 e. The van der Waals surface area contributed by atoms with E-state index in [1.165, 1.54) is 0 Å². The number of hydrogen-bond donors (Lipinski definition) is 1. The maximum Gasteiger partial charge on any atom is 0.241 e. The lowest BCUT2D eigenvalue weighted by molar-refractivity contribution is -0.120. The molecule has 1 atom stereocenters. The highest BCUT2D eigenvalue weighted by atomic mass is 35.5. The first-order chi connectivity index (χ1) is 11.5. The molecular weight excluding hydrogens is 347 g/mol. The Morgan fingerprint density at radius 2 is 1.92 bits per heavy atom. The molecule has 2 aromatic carbocycles. The Labute approximate surface area is 152 Å². The first-order valence-electron chi connectivity index (χ1n) is 7.61. The molecule has 0 spiro atoms. The van der Waals surface area contributed by atoms with Gasteiger partial charge in [-0.05, 0) is 44.3 Å². The van der Waals surface area contributed by atoms with Gasteiger partial charge in [-0.3, -0.25) is 9.69 Å². The molecule has 0 aromatic heterocycles. The quantitative estimate of drug-likeness (QED) is 0.792. The van der Waals surface area contributed by atoms with Crippen molar-refractivity contribution in [2.75, 3.05) is 25.5 Å². The van der Waals surface area contributed by atoms with Crippen LogP contribution in [0.5, 0.6) is 5.75 Å². The molecular formula is C18H20Cl2N2O2. The predicted octanol–water partition coefficient (Wildman–Crippen LogP) is 4.33. The molecule has 1 amide bonds. The van der Waals surface area contributed by atoms with Crippen molar-refractivity contribution in [3.8, 4) is 5.75 Å². The molecule has 2 rings (SSSR count). The number of carbonyl (C=O) groups excluding carboxylic acids is 1. The molecule has 1 N–H and O–H groups in total. The number of para-hydroxylation sites is 1.